The number of hydrogen-bond donors (Lipinski definition) is 0. The number of amides is 1. The molecule has 0 radical (unpaired) electrons. The lowest BCUT2D eigenvalue weighted by molar-refractivity contribution is -0.131. The molecule has 2 aromatic heterocycles. The van der Waals surface area contributed by atoms with Crippen LogP contribution in [-0.4, -0.2) is 52.1 Å². The standard InChI is InChI=1S/C18H23N5O2/c1-2-3-16(24)23-10-8-22(9-11-23)15-7-6-14(12-19-15)17-20-18(25-21-17)13-4-5-13/h6-7,12-13H,2-5,8-11H2,1H3. The molecule has 132 valence electrons. The van der Waals surface area contributed by atoms with E-state index in [2.05, 4.69) is 20.0 Å². The van der Waals surface area contributed by atoms with E-state index in [0.717, 1.165) is 62.7 Å². The molecule has 3 heterocycles. The Morgan fingerprint density at radius 2 is 2.04 bits per heavy atom. The van der Waals surface area contributed by atoms with Crippen molar-refractivity contribution in [2.75, 3.05) is 31.1 Å². The van der Waals surface area contributed by atoms with Gasteiger partial charge in [0.2, 0.25) is 17.6 Å². The monoisotopic (exact) mass is 341 g/mol. The van der Waals surface area contributed by atoms with E-state index in [-0.39, 0.29) is 5.91 Å². The van der Waals surface area contributed by atoms with Gasteiger partial charge in [-0.1, -0.05) is 12.1 Å². The molecule has 1 aliphatic carbocycles. The maximum absolute atomic E-state index is 12.0. The molecule has 1 saturated carbocycles. The van der Waals surface area contributed by atoms with Crippen LogP contribution in [0.3, 0.4) is 0 Å². The maximum atomic E-state index is 12.0. The molecule has 1 amide bonds. The van der Waals surface area contributed by atoms with Crippen molar-refractivity contribution in [1.82, 2.24) is 20.0 Å². The van der Waals surface area contributed by atoms with Crippen LogP contribution < -0.4 is 4.90 Å². The van der Waals surface area contributed by atoms with Crippen molar-refractivity contribution in [3.05, 3.63) is 24.2 Å². The van der Waals surface area contributed by atoms with Gasteiger partial charge in [0.05, 0.1) is 0 Å². The number of rotatable bonds is 5. The zero-order valence-corrected chi connectivity index (χ0v) is 14.5. The van der Waals surface area contributed by atoms with Gasteiger partial charge in [0.1, 0.15) is 5.82 Å². The predicted molar refractivity (Wildman–Crippen MR) is 93.2 cm³/mol. The van der Waals surface area contributed by atoms with E-state index >= 15 is 0 Å². The zero-order valence-electron chi connectivity index (χ0n) is 14.5. The lowest BCUT2D eigenvalue weighted by Crippen LogP contribution is -2.49. The van der Waals surface area contributed by atoms with Crippen molar-refractivity contribution in [2.24, 2.45) is 0 Å². The fraction of sp³-hybridized carbons (Fsp3) is 0.556. The van der Waals surface area contributed by atoms with Crippen LogP contribution in [0.5, 0.6) is 0 Å². The number of piperazine rings is 1. The molecule has 1 saturated heterocycles. The average molecular weight is 341 g/mol. The molecule has 0 aromatic carbocycles. The van der Waals surface area contributed by atoms with Gasteiger partial charge in [0.15, 0.2) is 0 Å². The van der Waals surface area contributed by atoms with Crippen LogP contribution in [0.2, 0.25) is 0 Å². The van der Waals surface area contributed by atoms with E-state index in [1.807, 2.05) is 24.0 Å². The molecular weight excluding hydrogens is 318 g/mol. The molecule has 0 atom stereocenters. The van der Waals surface area contributed by atoms with Crippen molar-refractivity contribution in [1.29, 1.82) is 0 Å². The Hall–Kier alpha value is -2.44. The highest BCUT2D eigenvalue weighted by atomic mass is 16.5. The number of nitrogens with zero attached hydrogens (tertiary/aromatic N) is 5. The third-order valence-corrected chi connectivity index (χ3v) is 4.79. The van der Waals surface area contributed by atoms with Gasteiger partial charge in [-0.2, -0.15) is 4.98 Å². The van der Waals surface area contributed by atoms with Crippen LogP contribution in [-0.2, 0) is 4.79 Å². The molecule has 4 rings (SSSR count). The fourth-order valence-corrected chi connectivity index (χ4v) is 3.11. The highest BCUT2D eigenvalue weighted by Gasteiger charge is 2.30. The first-order valence-corrected chi connectivity index (χ1v) is 9.07. The topological polar surface area (TPSA) is 75.4 Å². The van der Waals surface area contributed by atoms with Crippen molar-refractivity contribution in [3.8, 4) is 11.4 Å². The summed E-state index contributed by atoms with van der Waals surface area (Å²) in [5, 5.41) is 4.05. The molecule has 0 N–H and O–H groups in total. The van der Waals surface area contributed by atoms with Crippen LogP contribution in [0.4, 0.5) is 5.82 Å². The van der Waals surface area contributed by atoms with E-state index in [0.29, 0.717) is 18.2 Å². The number of aromatic nitrogens is 3. The molecular formula is C18H23N5O2. The smallest absolute Gasteiger partial charge is 0.230 e. The van der Waals surface area contributed by atoms with Gasteiger partial charge in [-0.3, -0.25) is 4.79 Å². The minimum absolute atomic E-state index is 0.258. The van der Waals surface area contributed by atoms with Gasteiger partial charge in [-0.05, 0) is 31.4 Å². The molecule has 0 unspecified atom stereocenters. The second-order valence-electron chi connectivity index (χ2n) is 6.75. The molecule has 2 fully saturated rings. The summed E-state index contributed by atoms with van der Waals surface area (Å²) in [4.78, 5) is 25.1. The lowest BCUT2D eigenvalue weighted by atomic mass is 10.2. The highest BCUT2D eigenvalue weighted by molar-refractivity contribution is 5.76. The maximum Gasteiger partial charge on any atom is 0.230 e. The van der Waals surface area contributed by atoms with Gasteiger partial charge in [0.25, 0.3) is 0 Å². The first-order valence-electron chi connectivity index (χ1n) is 9.07. The molecule has 7 heteroatoms. The van der Waals surface area contributed by atoms with Crippen LogP contribution in [0.1, 0.15) is 44.4 Å². The van der Waals surface area contributed by atoms with E-state index in [1.54, 1.807) is 6.20 Å². The van der Waals surface area contributed by atoms with Crippen molar-refractivity contribution in [2.45, 2.75) is 38.5 Å². The van der Waals surface area contributed by atoms with Gasteiger partial charge < -0.3 is 14.3 Å². The summed E-state index contributed by atoms with van der Waals surface area (Å²) < 4.78 is 5.31. The molecule has 2 aliphatic rings. The Bertz CT molecular complexity index is 730. The molecule has 0 bridgehead atoms. The zero-order chi connectivity index (χ0) is 17.2. The first kappa shape index (κ1) is 16.1. The number of anilines is 1. The van der Waals surface area contributed by atoms with Crippen LogP contribution in [0.15, 0.2) is 22.9 Å². The number of pyridine rings is 1. The van der Waals surface area contributed by atoms with Crippen molar-refractivity contribution < 1.29 is 9.32 Å². The van der Waals surface area contributed by atoms with Gasteiger partial charge in [0, 0.05) is 50.3 Å². The summed E-state index contributed by atoms with van der Waals surface area (Å²) in [7, 11) is 0. The normalized spacial score (nSPS) is 17.8. The molecule has 7 nitrogen and oxygen atoms in total. The summed E-state index contributed by atoms with van der Waals surface area (Å²) in [6, 6.07) is 3.98. The van der Waals surface area contributed by atoms with Crippen molar-refractivity contribution in [3.63, 3.8) is 0 Å². The summed E-state index contributed by atoms with van der Waals surface area (Å²) in [5.74, 6) is 2.99. The Morgan fingerprint density at radius 1 is 1.24 bits per heavy atom. The second kappa shape index (κ2) is 6.82. The van der Waals surface area contributed by atoms with Crippen LogP contribution in [0, 0.1) is 0 Å². The lowest BCUT2D eigenvalue weighted by Gasteiger charge is -2.35. The van der Waals surface area contributed by atoms with Crippen molar-refractivity contribution >= 4 is 11.7 Å². The summed E-state index contributed by atoms with van der Waals surface area (Å²) in [6.45, 7) is 5.19. The van der Waals surface area contributed by atoms with E-state index in [9.17, 15) is 4.79 Å². The van der Waals surface area contributed by atoms with E-state index in [4.69, 9.17) is 4.52 Å². The van der Waals surface area contributed by atoms with E-state index < -0.39 is 0 Å². The Morgan fingerprint density at radius 3 is 2.68 bits per heavy atom. The number of carbonyl (C=O) groups excluding carboxylic acids is 1. The largest absolute Gasteiger partial charge is 0.353 e. The predicted octanol–water partition coefficient (Wildman–Crippen LogP) is 2.46. The molecule has 0 spiro atoms. The fourth-order valence-electron chi connectivity index (χ4n) is 3.11. The highest BCUT2D eigenvalue weighted by Crippen LogP contribution is 2.39. The first-order chi connectivity index (χ1) is 12.2. The summed E-state index contributed by atoms with van der Waals surface area (Å²) in [6.07, 6.45) is 5.63. The third-order valence-electron chi connectivity index (χ3n) is 4.79. The van der Waals surface area contributed by atoms with Crippen LogP contribution in [0.25, 0.3) is 11.4 Å². The van der Waals surface area contributed by atoms with E-state index in [1.165, 1.54) is 0 Å². The Kier molecular flexibility index (Phi) is 4.38. The summed E-state index contributed by atoms with van der Waals surface area (Å²) >= 11 is 0. The van der Waals surface area contributed by atoms with Gasteiger partial charge in [-0.25, -0.2) is 4.98 Å². The van der Waals surface area contributed by atoms with Gasteiger partial charge >= 0.3 is 0 Å². The Balaban J connectivity index is 1.38. The number of hydrogen-bond acceptors (Lipinski definition) is 6. The molecule has 25 heavy (non-hydrogen) atoms. The minimum atomic E-state index is 0.258. The number of carbonyl (C=O) groups is 1. The quantitative estimate of drug-likeness (QED) is 0.831. The SMILES string of the molecule is CCCC(=O)N1CCN(c2ccc(-c3noc(C4CC4)n3)cn2)CC1. The minimum Gasteiger partial charge on any atom is -0.353 e. The van der Waals surface area contributed by atoms with Gasteiger partial charge in [-0.15, -0.1) is 0 Å². The molecule has 1 aliphatic heterocycles. The van der Waals surface area contributed by atoms with Crippen LogP contribution >= 0.6 is 0 Å². The second-order valence-corrected chi connectivity index (χ2v) is 6.75. The Labute approximate surface area is 147 Å². The summed E-state index contributed by atoms with van der Waals surface area (Å²) in [5.41, 5.74) is 0.871. The third kappa shape index (κ3) is 3.50. The average Bonchev–Trinajstić information content (AvgIpc) is 3.39. The molecule has 2 aromatic rings.